The van der Waals surface area contributed by atoms with Gasteiger partial charge in [-0.15, -0.1) is 0 Å². The van der Waals surface area contributed by atoms with Gasteiger partial charge < -0.3 is 15.0 Å². The lowest BCUT2D eigenvalue weighted by Crippen LogP contribution is -2.53. The zero-order chi connectivity index (χ0) is 29.4. The number of carbonyl (C=O) groups is 2. The minimum atomic E-state index is -4.19. The molecule has 0 radical (unpaired) electrons. The summed E-state index contributed by atoms with van der Waals surface area (Å²) >= 11 is 3.36. The maximum atomic E-state index is 14.0. The van der Waals surface area contributed by atoms with E-state index in [2.05, 4.69) is 21.2 Å². The van der Waals surface area contributed by atoms with E-state index in [1.54, 1.807) is 30.3 Å². The highest BCUT2D eigenvalue weighted by Crippen LogP contribution is 2.31. The molecule has 0 bridgehead atoms. The Kier molecular flexibility index (Phi) is 10.8. The lowest BCUT2D eigenvalue weighted by Gasteiger charge is -2.33. The van der Waals surface area contributed by atoms with Crippen LogP contribution in [-0.2, 0) is 26.2 Å². The van der Waals surface area contributed by atoms with Crippen LogP contribution in [0.15, 0.2) is 82.2 Å². The van der Waals surface area contributed by atoms with Crippen LogP contribution in [-0.4, -0.2) is 50.9 Å². The predicted molar refractivity (Wildman–Crippen MR) is 161 cm³/mol. The smallest absolute Gasteiger partial charge is 0.264 e. The highest BCUT2D eigenvalue weighted by Gasteiger charge is 2.34. The van der Waals surface area contributed by atoms with Crippen LogP contribution in [0.25, 0.3) is 0 Å². The van der Waals surface area contributed by atoms with Crippen molar-refractivity contribution in [2.45, 2.75) is 57.6 Å². The minimum Gasteiger partial charge on any atom is -0.496 e. The second-order valence-electron chi connectivity index (χ2n) is 9.74. The molecule has 1 N–H and O–H groups in total. The number of amides is 2. The number of hydrogen-bond acceptors (Lipinski definition) is 5. The predicted octanol–water partition coefficient (Wildman–Crippen LogP) is 5.29. The molecule has 0 heterocycles. The maximum absolute atomic E-state index is 14.0. The number of nitrogens with zero attached hydrogens (tertiary/aromatic N) is 2. The highest BCUT2D eigenvalue weighted by atomic mass is 79.9. The lowest BCUT2D eigenvalue weighted by molar-refractivity contribution is -0.140. The molecular formula is C30H36BrN3O5S. The van der Waals surface area contributed by atoms with Crippen LogP contribution in [0.2, 0.25) is 0 Å². The van der Waals surface area contributed by atoms with E-state index in [1.165, 1.54) is 24.1 Å². The van der Waals surface area contributed by atoms with Crippen LogP contribution in [0.4, 0.5) is 5.69 Å². The quantitative estimate of drug-likeness (QED) is 0.294. The first-order valence-electron chi connectivity index (χ1n) is 13.0. The first-order chi connectivity index (χ1) is 19.0. The van der Waals surface area contributed by atoms with E-state index in [1.807, 2.05) is 58.0 Å². The van der Waals surface area contributed by atoms with Crippen molar-refractivity contribution in [1.29, 1.82) is 0 Å². The zero-order valence-corrected chi connectivity index (χ0v) is 25.8. The van der Waals surface area contributed by atoms with Crippen molar-refractivity contribution in [3.8, 4) is 5.75 Å². The molecular weight excluding hydrogens is 594 g/mol. The van der Waals surface area contributed by atoms with E-state index in [9.17, 15) is 18.0 Å². The Morgan fingerprint density at radius 1 is 1.00 bits per heavy atom. The van der Waals surface area contributed by atoms with Gasteiger partial charge in [-0.05, 0) is 79.0 Å². The van der Waals surface area contributed by atoms with E-state index < -0.39 is 28.5 Å². The molecule has 3 aromatic rings. The molecule has 8 nitrogen and oxygen atoms in total. The van der Waals surface area contributed by atoms with Crippen molar-refractivity contribution < 1.29 is 22.7 Å². The maximum Gasteiger partial charge on any atom is 0.264 e. The van der Waals surface area contributed by atoms with Gasteiger partial charge in [0.2, 0.25) is 11.8 Å². The molecule has 3 aromatic carbocycles. The number of anilines is 1. The zero-order valence-electron chi connectivity index (χ0n) is 23.4. The monoisotopic (exact) mass is 629 g/mol. The van der Waals surface area contributed by atoms with Gasteiger partial charge in [-0.3, -0.25) is 13.9 Å². The van der Waals surface area contributed by atoms with Crippen LogP contribution < -0.4 is 14.4 Å². The van der Waals surface area contributed by atoms with Crippen molar-refractivity contribution >= 4 is 43.5 Å². The molecule has 214 valence electrons. The third-order valence-corrected chi connectivity index (χ3v) is 8.71. The Morgan fingerprint density at radius 3 is 2.20 bits per heavy atom. The number of rotatable bonds is 12. The third-order valence-electron chi connectivity index (χ3n) is 6.32. The van der Waals surface area contributed by atoms with Gasteiger partial charge >= 0.3 is 0 Å². The van der Waals surface area contributed by atoms with Crippen LogP contribution in [0.1, 0.15) is 38.3 Å². The van der Waals surface area contributed by atoms with Gasteiger partial charge in [0.15, 0.2) is 0 Å². The molecule has 10 heteroatoms. The van der Waals surface area contributed by atoms with E-state index in [4.69, 9.17) is 4.74 Å². The summed E-state index contributed by atoms with van der Waals surface area (Å²) < 4.78 is 34.9. The van der Waals surface area contributed by atoms with Gasteiger partial charge in [-0.2, -0.15) is 0 Å². The number of sulfonamides is 1. The van der Waals surface area contributed by atoms with Crippen LogP contribution in [0.5, 0.6) is 5.75 Å². The first-order valence-corrected chi connectivity index (χ1v) is 15.3. The molecule has 0 saturated carbocycles. The number of carbonyl (C=O) groups excluding carboxylic acids is 2. The molecule has 2 amide bonds. The fraction of sp³-hybridized carbons (Fsp3) is 0.333. The number of methoxy groups -OCH3 is 1. The Morgan fingerprint density at radius 2 is 1.65 bits per heavy atom. The largest absolute Gasteiger partial charge is 0.496 e. The van der Waals surface area contributed by atoms with E-state index in [0.717, 1.165) is 15.4 Å². The summed E-state index contributed by atoms with van der Waals surface area (Å²) in [5, 5.41) is 2.90. The standard InChI is InChI=1S/C30H36BrN3O5S/c1-6-27(30(36)32-21(2)3)33(19-23-10-8-7-9-11-23)29(35)20-34(24-14-12-22(4)13-15-24)40(37,38)25-16-17-28(39-5)26(31)18-25/h7-18,21,27H,6,19-20H2,1-5H3,(H,32,36)/t27-/m1/s1. The van der Waals surface area contributed by atoms with Crippen LogP contribution in [0, 0.1) is 6.92 Å². The molecule has 0 aromatic heterocycles. The molecule has 1 atom stereocenters. The molecule has 0 aliphatic carbocycles. The molecule has 0 aliphatic heterocycles. The van der Waals surface area contributed by atoms with E-state index >= 15 is 0 Å². The number of hydrogen-bond donors (Lipinski definition) is 1. The lowest BCUT2D eigenvalue weighted by atomic mass is 10.1. The number of aryl methyl sites for hydroxylation is 1. The van der Waals surface area contributed by atoms with Crippen LogP contribution in [0.3, 0.4) is 0 Å². The summed E-state index contributed by atoms with van der Waals surface area (Å²) in [5.41, 5.74) is 2.11. The van der Waals surface area contributed by atoms with Crippen molar-refractivity contribution in [1.82, 2.24) is 10.2 Å². The molecule has 0 saturated heterocycles. The average Bonchev–Trinajstić information content (AvgIpc) is 2.92. The summed E-state index contributed by atoms with van der Waals surface area (Å²) in [7, 11) is -2.70. The molecule has 0 aliphatic rings. The Bertz CT molecular complexity index is 1410. The van der Waals surface area contributed by atoms with Gasteiger partial charge in [0.25, 0.3) is 10.0 Å². The van der Waals surface area contributed by atoms with Gasteiger partial charge in [-0.1, -0.05) is 55.0 Å². The van der Waals surface area contributed by atoms with Gasteiger partial charge in [0, 0.05) is 12.6 Å². The Balaban J connectivity index is 2.07. The number of nitrogens with one attached hydrogen (secondary N) is 1. The normalized spacial score (nSPS) is 12.1. The summed E-state index contributed by atoms with van der Waals surface area (Å²) in [6.07, 6.45) is 0.361. The van der Waals surface area contributed by atoms with Crippen molar-refractivity contribution in [3.05, 3.63) is 88.4 Å². The fourth-order valence-corrected chi connectivity index (χ4v) is 6.39. The van der Waals surface area contributed by atoms with Crippen molar-refractivity contribution in [3.63, 3.8) is 0 Å². The average molecular weight is 631 g/mol. The second-order valence-corrected chi connectivity index (χ2v) is 12.5. The number of benzene rings is 3. The second kappa shape index (κ2) is 13.8. The molecule has 0 unspecified atom stereocenters. The Hall–Kier alpha value is -3.37. The number of halogens is 1. The summed E-state index contributed by atoms with van der Waals surface area (Å²) in [6.45, 7) is 7.10. The molecule has 0 fully saturated rings. The topological polar surface area (TPSA) is 96.0 Å². The third kappa shape index (κ3) is 7.63. The van der Waals surface area contributed by atoms with Crippen molar-refractivity contribution in [2.24, 2.45) is 0 Å². The minimum absolute atomic E-state index is 0.00671. The van der Waals surface area contributed by atoms with Crippen molar-refractivity contribution in [2.75, 3.05) is 18.0 Å². The number of ether oxygens (including phenoxy) is 1. The van der Waals surface area contributed by atoms with E-state index in [0.29, 0.717) is 22.3 Å². The van der Waals surface area contributed by atoms with Gasteiger partial charge in [0.1, 0.15) is 18.3 Å². The SMILES string of the molecule is CC[C@H](C(=O)NC(C)C)N(Cc1ccccc1)C(=O)CN(c1ccc(C)cc1)S(=O)(=O)c1ccc(OC)c(Br)c1. The first kappa shape index (κ1) is 31.2. The summed E-state index contributed by atoms with van der Waals surface area (Å²) in [5.74, 6) is -0.301. The molecule has 0 spiro atoms. The van der Waals surface area contributed by atoms with Gasteiger partial charge in [-0.25, -0.2) is 8.42 Å². The summed E-state index contributed by atoms with van der Waals surface area (Å²) in [6, 6.07) is 19.8. The van der Waals surface area contributed by atoms with Crippen LogP contribution >= 0.6 is 15.9 Å². The molecule has 3 rings (SSSR count). The summed E-state index contributed by atoms with van der Waals surface area (Å²) in [4.78, 5) is 28.7. The highest BCUT2D eigenvalue weighted by molar-refractivity contribution is 9.10. The van der Waals surface area contributed by atoms with E-state index in [-0.39, 0.29) is 23.4 Å². The fourth-order valence-electron chi connectivity index (χ4n) is 4.25. The van der Waals surface area contributed by atoms with Gasteiger partial charge in [0.05, 0.1) is 22.2 Å². The molecule has 40 heavy (non-hydrogen) atoms. The Labute approximate surface area is 245 Å².